The number of nitrogens with one attached hydrogen (secondary N) is 1. The van der Waals surface area contributed by atoms with Crippen LogP contribution in [0.25, 0.3) is 0 Å². The van der Waals surface area contributed by atoms with Crippen molar-refractivity contribution in [3.05, 3.63) is 65.7 Å². The van der Waals surface area contributed by atoms with Crippen LogP contribution in [0.15, 0.2) is 54.6 Å². The van der Waals surface area contributed by atoms with Crippen LogP contribution in [0.3, 0.4) is 0 Å². The second-order valence-electron chi connectivity index (χ2n) is 12.4. The first-order valence-corrected chi connectivity index (χ1v) is 15.9. The molecule has 0 radical (unpaired) electrons. The minimum absolute atomic E-state index is 0.0923. The number of amides is 3. The number of sulfonamides is 1. The van der Waals surface area contributed by atoms with Crippen LogP contribution >= 0.6 is 0 Å². The van der Waals surface area contributed by atoms with E-state index in [-0.39, 0.29) is 35.0 Å². The van der Waals surface area contributed by atoms with E-state index in [0.29, 0.717) is 39.1 Å². The number of piperazine rings is 1. The van der Waals surface area contributed by atoms with E-state index < -0.39 is 21.6 Å². The fraction of sp³-hybridized carbons (Fsp3) is 0.533. The summed E-state index contributed by atoms with van der Waals surface area (Å²) in [5.41, 5.74) is 1.32. The predicted octanol–water partition coefficient (Wildman–Crippen LogP) is 4.78. The molecule has 2 heterocycles. The molecule has 2 unspecified atom stereocenters. The monoisotopic (exact) mass is 623 g/mol. The van der Waals surface area contributed by atoms with Crippen LogP contribution in [0.1, 0.15) is 57.2 Å². The Balaban J connectivity index is 1.54. The average Bonchev–Trinajstić information content (AvgIpc) is 2.93. The number of primary amides is 1. The van der Waals surface area contributed by atoms with Crippen molar-refractivity contribution in [1.82, 2.24) is 14.7 Å². The molecule has 2 aliphatic rings. The van der Waals surface area contributed by atoms with Gasteiger partial charge in [0.2, 0.25) is 5.91 Å². The maximum absolute atomic E-state index is 13.6. The Bertz CT molecular complexity index is 1370. The minimum atomic E-state index is -5.53. The van der Waals surface area contributed by atoms with E-state index in [4.69, 9.17) is 5.73 Å². The molecular formula is C30H40F3N5O4S. The molecule has 2 aliphatic heterocycles. The van der Waals surface area contributed by atoms with E-state index in [9.17, 15) is 31.2 Å². The molecule has 0 bridgehead atoms. The fourth-order valence-electron chi connectivity index (χ4n) is 6.00. The number of alkyl halides is 3. The molecule has 2 aromatic carbocycles. The zero-order chi connectivity index (χ0) is 31.6. The first-order chi connectivity index (χ1) is 20.1. The molecule has 0 saturated carbocycles. The Labute approximate surface area is 251 Å². The van der Waals surface area contributed by atoms with Gasteiger partial charge in [0.05, 0.1) is 6.04 Å². The molecular weight excluding hydrogens is 583 g/mol. The van der Waals surface area contributed by atoms with E-state index in [1.54, 1.807) is 21.8 Å². The Morgan fingerprint density at radius 1 is 0.930 bits per heavy atom. The third-order valence-electron chi connectivity index (χ3n) is 8.39. The van der Waals surface area contributed by atoms with Crippen LogP contribution in [0.5, 0.6) is 0 Å². The van der Waals surface area contributed by atoms with Gasteiger partial charge in [-0.1, -0.05) is 63.2 Å². The molecule has 2 fully saturated rings. The summed E-state index contributed by atoms with van der Waals surface area (Å²) in [5, 5.41) is 0. The molecule has 13 heteroatoms. The Morgan fingerprint density at radius 3 is 2.05 bits per heavy atom. The molecule has 0 aliphatic carbocycles. The smallest absolute Gasteiger partial charge is 0.351 e. The molecule has 0 spiro atoms. The lowest BCUT2D eigenvalue weighted by molar-refractivity contribution is -0.141. The van der Waals surface area contributed by atoms with Crippen molar-refractivity contribution >= 4 is 27.6 Å². The largest absolute Gasteiger partial charge is 0.516 e. The fourth-order valence-corrected chi connectivity index (χ4v) is 6.56. The van der Waals surface area contributed by atoms with Gasteiger partial charge in [0.15, 0.2) is 0 Å². The number of nitrogens with zero attached hydrogens (tertiary/aromatic N) is 3. The highest BCUT2D eigenvalue weighted by Crippen LogP contribution is 2.36. The molecule has 3 N–H and O–H groups in total. The summed E-state index contributed by atoms with van der Waals surface area (Å²) in [4.78, 5) is 31.0. The molecule has 2 saturated heterocycles. The highest BCUT2D eigenvalue weighted by atomic mass is 32.2. The van der Waals surface area contributed by atoms with Crippen molar-refractivity contribution in [2.24, 2.45) is 17.1 Å². The summed E-state index contributed by atoms with van der Waals surface area (Å²) in [6.07, 6.45) is 1.89. The van der Waals surface area contributed by atoms with E-state index in [1.807, 2.05) is 35.2 Å². The van der Waals surface area contributed by atoms with Gasteiger partial charge < -0.3 is 15.5 Å². The first kappa shape index (κ1) is 32.6. The van der Waals surface area contributed by atoms with Crippen LogP contribution < -0.4 is 10.5 Å². The van der Waals surface area contributed by atoms with Gasteiger partial charge in [0, 0.05) is 50.9 Å². The van der Waals surface area contributed by atoms with Gasteiger partial charge in [-0.15, -0.1) is 0 Å². The molecule has 0 aromatic heterocycles. The van der Waals surface area contributed by atoms with Gasteiger partial charge in [0.25, 0.3) is 0 Å². The highest BCUT2D eigenvalue weighted by Gasteiger charge is 2.46. The SMILES string of the molecule is CC(C)(C)C1CN(C(c2ccccc2)c2ccc(NS(=O)(=O)C(F)(F)F)cc2)CCN1C(=O)CC1CCN(C(N)=O)CC1. The number of halogens is 3. The summed E-state index contributed by atoms with van der Waals surface area (Å²) in [5.74, 6) is 0.279. The van der Waals surface area contributed by atoms with Crippen LogP contribution in [-0.2, 0) is 14.8 Å². The number of carbonyl (C=O) groups excluding carboxylic acids is 2. The lowest BCUT2D eigenvalue weighted by atomic mass is 9.82. The number of carbonyl (C=O) groups is 2. The molecule has 9 nitrogen and oxygen atoms in total. The van der Waals surface area contributed by atoms with Crippen LogP contribution in [0.2, 0.25) is 0 Å². The van der Waals surface area contributed by atoms with Crippen LogP contribution in [-0.4, -0.2) is 79.3 Å². The van der Waals surface area contributed by atoms with Crippen molar-refractivity contribution in [2.75, 3.05) is 37.4 Å². The number of rotatable bonds is 7. The van der Waals surface area contributed by atoms with Gasteiger partial charge in [-0.25, -0.2) is 4.79 Å². The van der Waals surface area contributed by atoms with Crippen molar-refractivity contribution < 1.29 is 31.2 Å². The number of urea groups is 1. The lowest BCUT2D eigenvalue weighted by Gasteiger charge is -2.50. The highest BCUT2D eigenvalue weighted by molar-refractivity contribution is 7.93. The zero-order valence-electron chi connectivity index (χ0n) is 24.7. The predicted molar refractivity (Wildman–Crippen MR) is 158 cm³/mol. The maximum Gasteiger partial charge on any atom is 0.516 e. The van der Waals surface area contributed by atoms with E-state index >= 15 is 0 Å². The van der Waals surface area contributed by atoms with Crippen molar-refractivity contribution in [1.29, 1.82) is 0 Å². The number of benzene rings is 2. The normalized spacial score (nSPS) is 20.1. The van der Waals surface area contributed by atoms with Crippen molar-refractivity contribution in [2.45, 2.75) is 57.6 Å². The van der Waals surface area contributed by atoms with E-state index in [2.05, 4.69) is 25.7 Å². The number of piperidine rings is 1. The van der Waals surface area contributed by atoms with E-state index in [0.717, 1.165) is 24.0 Å². The van der Waals surface area contributed by atoms with Gasteiger partial charge in [-0.3, -0.25) is 14.4 Å². The molecule has 43 heavy (non-hydrogen) atoms. The van der Waals surface area contributed by atoms with Crippen LogP contribution in [0.4, 0.5) is 23.7 Å². The summed E-state index contributed by atoms with van der Waals surface area (Å²) in [6.45, 7) is 9.06. The second kappa shape index (κ2) is 12.7. The summed E-state index contributed by atoms with van der Waals surface area (Å²) >= 11 is 0. The zero-order valence-corrected chi connectivity index (χ0v) is 25.5. The minimum Gasteiger partial charge on any atom is -0.351 e. The Hall–Kier alpha value is -3.32. The number of hydrogen-bond acceptors (Lipinski definition) is 5. The Morgan fingerprint density at radius 2 is 1.51 bits per heavy atom. The molecule has 3 amide bonds. The number of nitrogens with two attached hydrogens (primary N) is 1. The molecule has 2 atom stereocenters. The topological polar surface area (TPSA) is 116 Å². The third kappa shape index (κ3) is 7.80. The first-order valence-electron chi connectivity index (χ1n) is 14.4. The quantitative estimate of drug-likeness (QED) is 0.461. The van der Waals surface area contributed by atoms with Gasteiger partial charge in [0.1, 0.15) is 0 Å². The van der Waals surface area contributed by atoms with Gasteiger partial charge in [-0.05, 0) is 47.4 Å². The number of anilines is 1. The summed E-state index contributed by atoms with van der Waals surface area (Å²) < 4.78 is 63.4. The van der Waals surface area contributed by atoms with E-state index in [1.165, 1.54) is 12.1 Å². The summed E-state index contributed by atoms with van der Waals surface area (Å²) in [6, 6.07) is 14.8. The van der Waals surface area contributed by atoms with Gasteiger partial charge >= 0.3 is 21.6 Å². The maximum atomic E-state index is 13.6. The molecule has 2 aromatic rings. The van der Waals surface area contributed by atoms with Crippen molar-refractivity contribution in [3.8, 4) is 0 Å². The standard InChI is InChI=1S/C30H40F3N5O4S/c1-29(2,3)25-20-37(17-18-38(25)26(39)19-21-13-15-36(16-14-21)28(34)40)27(22-7-5-4-6-8-22)23-9-11-24(12-10-23)35-43(41,42)30(31,32)33/h4-12,21,25,27,35H,13-20H2,1-3H3,(H2,34,40). The third-order valence-corrected chi connectivity index (χ3v) is 9.50. The summed E-state index contributed by atoms with van der Waals surface area (Å²) in [7, 11) is -5.53. The van der Waals surface area contributed by atoms with Gasteiger partial charge in [-0.2, -0.15) is 21.6 Å². The lowest BCUT2D eigenvalue weighted by Crippen LogP contribution is -2.60. The number of hydrogen-bond donors (Lipinski definition) is 2. The number of likely N-dealkylation sites (tertiary alicyclic amines) is 1. The van der Waals surface area contributed by atoms with Crippen molar-refractivity contribution in [3.63, 3.8) is 0 Å². The van der Waals surface area contributed by atoms with Crippen LogP contribution in [0, 0.1) is 11.3 Å². The molecule has 236 valence electrons. The Kier molecular flexibility index (Phi) is 9.65. The molecule has 4 rings (SSSR count). The average molecular weight is 624 g/mol. The second-order valence-corrected chi connectivity index (χ2v) is 14.1.